The van der Waals surface area contributed by atoms with E-state index in [1.807, 2.05) is 18.2 Å². The number of rotatable bonds is 3. The Hall–Kier alpha value is -2.10. The second-order valence-corrected chi connectivity index (χ2v) is 6.63. The lowest BCUT2D eigenvalue weighted by atomic mass is 9.77. The summed E-state index contributed by atoms with van der Waals surface area (Å²) in [6.07, 6.45) is 4.89. The van der Waals surface area contributed by atoms with Crippen LogP contribution in [-0.2, 0) is 9.59 Å². The van der Waals surface area contributed by atoms with Crippen LogP contribution in [0.3, 0.4) is 0 Å². The lowest BCUT2D eigenvalue weighted by Crippen LogP contribution is -2.26. The second-order valence-electron chi connectivity index (χ2n) is 6.63. The fourth-order valence-corrected chi connectivity index (χ4v) is 3.06. The summed E-state index contributed by atoms with van der Waals surface area (Å²) < 4.78 is 0. The van der Waals surface area contributed by atoms with E-state index in [9.17, 15) is 9.59 Å². The van der Waals surface area contributed by atoms with E-state index in [1.54, 1.807) is 0 Å². The van der Waals surface area contributed by atoms with Gasteiger partial charge in [0.25, 0.3) is 0 Å². The zero-order valence-corrected chi connectivity index (χ0v) is 13.5. The van der Waals surface area contributed by atoms with E-state index in [4.69, 9.17) is 0 Å². The molecule has 118 valence electrons. The molecule has 0 saturated carbocycles. The molecule has 0 aromatic heterocycles. The number of carbonyl (C=O) groups excluding carboxylic acids is 2. The molecule has 1 atom stereocenters. The largest absolute Gasteiger partial charge is 0.383 e. The predicted octanol–water partition coefficient (Wildman–Crippen LogP) is 3.22. The van der Waals surface area contributed by atoms with E-state index in [1.165, 1.54) is 12.5 Å². The first-order valence-electron chi connectivity index (χ1n) is 7.69. The van der Waals surface area contributed by atoms with Crippen molar-refractivity contribution in [1.82, 2.24) is 5.32 Å². The van der Waals surface area contributed by atoms with Gasteiger partial charge in [-0.1, -0.05) is 32.1 Å². The summed E-state index contributed by atoms with van der Waals surface area (Å²) in [6, 6.07) is 8.06. The fraction of sp³-hybridized carbons (Fsp3) is 0.444. The Labute approximate surface area is 132 Å². The van der Waals surface area contributed by atoms with Gasteiger partial charge in [-0.3, -0.25) is 9.59 Å². The Balaban J connectivity index is 2.16. The van der Waals surface area contributed by atoms with Crippen LogP contribution in [0.5, 0.6) is 0 Å². The molecule has 1 heterocycles. The number of carbonyl (C=O) groups is 2. The summed E-state index contributed by atoms with van der Waals surface area (Å²) >= 11 is 0. The van der Waals surface area contributed by atoms with Crippen LogP contribution in [0.1, 0.15) is 45.1 Å². The average Bonchev–Trinajstić information content (AvgIpc) is 2.43. The van der Waals surface area contributed by atoms with Gasteiger partial charge in [-0.25, -0.2) is 0 Å². The normalized spacial score (nSPS) is 23.2. The van der Waals surface area contributed by atoms with Gasteiger partial charge in [-0.15, -0.1) is 0 Å². The number of aldehydes is 1. The SMILES string of the molecule is CC(=O)Nc1ccc(C2CCN/C(C=O)=C\C(C)(C)C2)cc1. The summed E-state index contributed by atoms with van der Waals surface area (Å²) in [4.78, 5) is 22.1. The minimum absolute atomic E-state index is 0.0371. The van der Waals surface area contributed by atoms with Crippen LogP contribution in [0.15, 0.2) is 36.0 Å². The number of hydrogen-bond acceptors (Lipinski definition) is 3. The van der Waals surface area contributed by atoms with E-state index < -0.39 is 0 Å². The Bertz CT molecular complexity index is 573. The number of amides is 1. The Kier molecular flexibility index (Phi) is 5.01. The van der Waals surface area contributed by atoms with Gasteiger partial charge in [0.15, 0.2) is 6.29 Å². The van der Waals surface area contributed by atoms with Gasteiger partial charge < -0.3 is 10.6 Å². The molecule has 1 aliphatic rings. The molecule has 4 heteroatoms. The van der Waals surface area contributed by atoms with Gasteiger partial charge in [0, 0.05) is 19.2 Å². The van der Waals surface area contributed by atoms with Gasteiger partial charge >= 0.3 is 0 Å². The zero-order chi connectivity index (χ0) is 16.2. The molecule has 0 bridgehead atoms. The molecule has 0 aliphatic carbocycles. The van der Waals surface area contributed by atoms with E-state index in [0.29, 0.717) is 11.6 Å². The minimum atomic E-state index is -0.0597. The molecule has 22 heavy (non-hydrogen) atoms. The standard InChI is InChI=1S/C18H24N2O2/c1-13(22)20-16-6-4-14(5-7-16)15-8-9-19-17(12-21)11-18(2,3)10-15/h4-7,11-12,15,19H,8-10H2,1-3H3,(H,20,22)/b17-11-. The summed E-state index contributed by atoms with van der Waals surface area (Å²) in [5.74, 6) is 0.369. The molecular formula is C18H24N2O2. The van der Waals surface area contributed by atoms with Gasteiger partial charge in [0.2, 0.25) is 5.91 Å². The first-order valence-corrected chi connectivity index (χ1v) is 7.69. The van der Waals surface area contributed by atoms with Gasteiger partial charge in [-0.05, 0) is 41.9 Å². The third kappa shape index (κ3) is 4.45. The highest BCUT2D eigenvalue weighted by atomic mass is 16.1. The highest BCUT2D eigenvalue weighted by Gasteiger charge is 2.25. The quantitative estimate of drug-likeness (QED) is 0.843. The van der Waals surface area contributed by atoms with Crippen molar-refractivity contribution in [1.29, 1.82) is 0 Å². The van der Waals surface area contributed by atoms with Gasteiger partial charge in [0.1, 0.15) is 0 Å². The highest BCUT2D eigenvalue weighted by Crippen LogP contribution is 2.36. The molecule has 4 nitrogen and oxygen atoms in total. The number of nitrogens with one attached hydrogen (secondary N) is 2. The maximum absolute atomic E-state index is 11.1. The molecule has 1 aromatic rings. The van der Waals surface area contributed by atoms with Crippen molar-refractivity contribution in [2.24, 2.45) is 5.41 Å². The lowest BCUT2D eigenvalue weighted by molar-refractivity contribution is -0.114. The molecule has 1 unspecified atom stereocenters. The van der Waals surface area contributed by atoms with Crippen molar-refractivity contribution in [2.75, 3.05) is 11.9 Å². The molecular weight excluding hydrogens is 276 g/mol. The Morgan fingerprint density at radius 3 is 2.59 bits per heavy atom. The maximum Gasteiger partial charge on any atom is 0.221 e. The lowest BCUT2D eigenvalue weighted by Gasteiger charge is -2.30. The van der Waals surface area contributed by atoms with Gasteiger partial charge in [0.05, 0.1) is 5.70 Å². The fourth-order valence-electron chi connectivity index (χ4n) is 3.06. The van der Waals surface area contributed by atoms with Crippen LogP contribution in [0, 0.1) is 5.41 Å². The molecule has 0 saturated heterocycles. The van der Waals surface area contributed by atoms with Crippen LogP contribution in [-0.4, -0.2) is 18.7 Å². The van der Waals surface area contributed by atoms with Crippen LogP contribution < -0.4 is 10.6 Å². The number of anilines is 1. The third-order valence-electron chi connectivity index (χ3n) is 3.97. The maximum atomic E-state index is 11.1. The smallest absolute Gasteiger partial charge is 0.221 e. The predicted molar refractivity (Wildman–Crippen MR) is 88.7 cm³/mol. The summed E-state index contributed by atoms with van der Waals surface area (Å²) in [6.45, 7) is 6.61. The molecule has 1 amide bonds. The van der Waals surface area contributed by atoms with E-state index in [0.717, 1.165) is 31.4 Å². The van der Waals surface area contributed by atoms with Crippen LogP contribution in [0.4, 0.5) is 5.69 Å². The number of hydrogen-bond donors (Lipinski definition) is 2. The van der Waals surface area contributed by atoms with E-state index >= 15 is 0 Å². The molecule has 1 aromatic carbocycles. The van der Waals surface area contributed by atoms with Gasteiger partial charge in [-0.2, -0.15) is 0 Å². The van der Waals surface area contributed by atoms with Crippen molar-refractivity contribution >= 4 is 17.9 Å². The number of benzene rings is 1. The topological polar surface area (TPSA) is 58.2 Å². The van der Waals surface area contributed by atoms with Crippen molar-refractivity contribution in [3.05, 3.63) is 41.6 Å². The molecule has 0 spiro atoms. The Morgan fingerprint density at radius 1 is 1.32 bits per heavy atom. The molecule has 2 N–H and O–H groups in total. The van der Waals surface area contributed by atoms with Crippen molar-refractivity contribution < 1.29 is 9.59 Å². The monoisotopic (exact) mass is 300 g/mol. The van der Waals surface area contributed by atoms with E-state index in [2.05, 4.69) is 36.6 Å². The number of allylic oxidation sites excluding steroid dienone is 2. The second kappa shape index (κ2) is 6.77. The minimum Gasteiger partial charge on any atom is -0.383 e. The zero-order valence-electron chi connectivity index (χ0n) is 13.5. The molecule has 0 fully saturated rings. The first-order chi connectivity index (χ1) is 10.4. The van der Waals surface area contributed by atoms with Crippen molar-refractivity contribution in [2.45, 2.75) is 39.5 Å². The summed E-state index contributed by atoms with van der Waals surface area (Å²) in [5, 5.41) is 5.99. The van der Waals surface area contributed by atoms with Crippen LogP contribution in [0.2, 0.25) is 0 Å². The summed E-state index contributed by atoms with van der Waals surface area (Å²) in [7, 11) is 0. The van der Waals surface area contributed by atoms with Crippen molar-refractivity contribution in [3.8, 4) is 0 Å². The first kappa shape index (κ1) is 16.3. The van der Waals surface area contributed by atoms with Crippen LogP contribution >= 0.6 is 0 Å². The van der Waals surface area contributed by atoms with Crippen molar-refractivity contribution in [3.63, 3.8) is 0 Å². The Morgan fingerprint density at radius 2 is 2.00 bits per heavy atom. The van der Waals surface area contributed by atoms with E-state index in [-0.39, 0.29) is 11.3 Å². The average molecular weight is 300 g/mol. The van der Waals surface area contributed by atoms with Crippen LogP contribution in [0.25, 0.3) is 0 Å². The third-order valence-corrected chi connectivity index (χ3v) is 3.97. The summed E-state index contributed by atoms with van der Waals surface area (Å²) in [5.41, 5.74) is 2.74. The highest BCUT2D eigenvalue weighted by molar-refractivity contribution is 5.88. The molecule has 2 rings (SSSR count). The molecule has 1 aliphatic heterocycles. The molecule has 0 radical (unpaired) electrons.